The molecular weight excluding hydrogens is 324 g/mol. The minimum Gasteiger partial charge on any atom is -0.462 e. The lowest BCUT2D eigenvalue weighted by Gasteiger charge is -2.20. The lowest BCUT2D eigenvalue weighted by atomic mass is 10.1. The highest BCUT2D eigenvalue weighted by Gasteiger charge is 2.34. The zero-order valence-electron chi connectivity index (χ0n) is 13.9. The van der Waals surface area contributed by atoms with E-state index in [9.17, 15) is 19.2 Å². The Kier molecular flexibility index (Phi) is 5.11. The fraction of sp³-hybridized carbons (Fsp3) is 0.444. The molecule has 0 atom stereocenters. The molecule has 1 aromatic rings. The van der Waals surface area contributed by atoms with Gasteiger partial charge in [0.05, 0.1) is 17.7 Å². The van der Waals surface area contributed by atoms with Crippen LogP contribution in [0.25, 0.3) is 0 Å². The first-order valence-corrected chi connectivity index (χ1v) is 8.46. The fourth-order valence-corrected chi connectivity index (χ4v) is 3.10. The number of likely N-dealkylation sites (tertiary alicyclic amines) is 1. The van der Waals surface area contributed by atoms with Gasteiger partial charge in [-0.15, -0.1) is 0 Å². The SMILES string of the molecule is O=C(CN1CCCCCC1=O)OCCN1C(=O)c2ccccc2C1=O. The summed E-state index contributed by atoms with van der Waals surface area (Å²) in [5.74, 6) is -1.31. The quantitative estimate of drug-likeness (QED) is 0.592. The molecule has 0 aliphatic carbocycles. The van der Waals surface area contributed by atoms with Crippen LogP contribution in [0.1, 0.15) is 46.4 Å². The van der Waals surface area contributed by atoms with Crippen molar-refractivity contribution in [3.63, 3.8) is 0 Å². The second-order valence-corrected chi connectivity index (χ2v) is 6.15. The van der Waals surface area contributed by atoms with Crippen LogP contribution in [-0.2, 0) is 14.3 Å². The zero-order valence-corrected chi connectivity index (χ0v) is 13.9. The first-order chi connectivity index (χ1) is 12.1. The van der Waals surface area contributed by atoms with Crippen LogP contribution in [0.15, 0.2) is 24.3 Å². The van der Waals surface area contributed by atoms with Crippen molar-refractivity contribution in [1.82, 2.24) is 9.80 Å². The van der Waals surface area contributed by atoms with Crippen molar-refractivity contribution >= 4 is 23.7 Å². The van der Waals surface area contributed by atoms with Gasteiger partial charge in [0.15, 0.2) is 0 Å². The molecule has 0 aromatic heterocycles. The Bertz CT molecular complexity index is 680. The first kappa shape index (κ1) is 17.1. The summed E-state index contributed by atoms with van der Waals surface area (Å²) < 4.78 is 5.11. The predicted molar refractivity (Wildman–Crippen MR) is 87.8 cm³/mol. The number of nitrogens with zero attached hydrogens (tertiary/aromatic N) is 2. The van der Waals surface area contributed by atoms with E-state index in [0.29, 0.717) is 24.1 Å². The highest BCUT2D eigenvalue weighted by atomic mass is 16.5. The fourth-order valence-electron chi connectivity index (χ4n) is 3.10. The Morgan fingerprint density at radius 2 is 1.68 bits per heavy atom. The van der Waals surface area contributed by atoms with Gasteiger partial charge in [-0.2, -0.15) is 0 Å². The van der Waals surface area contributed by atoms with Crippen LogP contribution >= 0.6 is 0 Å². The molecular formula is C18H20N2O5. The van der Waals surface area contributed by atoms with E-state index in [4.69, 9.17) is 4.74 Å². The lowest BCUT2D eigenvalue weighted by molar-refractivity contribution is -0.149. The van der Waals surface area contributed by atoms with Crippen LogP contribution in [0, 0.1) is 0 Å². The van der Waals surface area contributed by atoms with E-state index in [0.717, 1.165) is 24.2 Å². The molecule has 0 unspecified atom stereocenters. The largest absolute Gasteiger partial charge is 0.462 e. The van der Waals surface area contributed by atoms with E-state index >= 15 is 0 Å². The zero-order chi connectivity index (χ0) is 17.8. The molecule has 3 rings (SSSR count). The monoisotopic (exact) mass is 344 g/mol. The molecule has 132 valence electrons. The second kappa shape index (κ2) is 7.46. The molecule has 0 bridgehead atoms. The van der Waals surface area contributed by atoms with Gasteiger partial charge < -0.3 is 9.64 Å². The predicted octanol–water partition coefficient (Wildman–Crippen LogP) is 1.23. The van der Waals surface area contributed by atoms with Crippen LogP contribution in [0.3, 0.4) is 0 Å². The van der Waals surface area contributed by atoms with E-state index in [1.54, 1.807) is 24.3 Å². The molecule has 0 radical (unpaired) electrons. The average molecular weight is 344 g/mol. The molecule has 0 saturated carbocycles. The molecule has 2 aliphatic rings. The number of ether oxygens (including phenoxy) is 1. The smallest absolute Gasteiger partial charge is 0.325 e. The molecule has 2 heterocycles. The lowest BCUT2D eigenvalue weighted by Crippen LogP contribution is -2.37. The van der Waals surface area contributed by atoms with Crippen molar-refractivity contribution in [2.45, 2.75) is 25.7 Å². The normalized spacial score (nSPS) is 17.5. The minimum absolute atomic E-state index is 0.00599. The number of hydrogen-bond acceptors (Lipinski definition) is 5. The third-order valence-corrected chi connectivity index (χ3v) is 4.45. The number of amides is 3. The van der Waals surface area contributed by atoms with Crippen LogP contribution in [0.5, 0.6) is 0 Å². The van der Waals surface area contributed by atoms with Gasteiger partial charge in [0, 0.05) is 13.0 Å². The van der Waals surface area contributed by atoms with Gasteiger partial charge in [-0.1, -0.05) is 18.6 Å². The van der Waals surface area contributed by atoms with Gasteiger partial charge in [-0.25, -0.2) is 0 Å². The third kappa shape index (κ3) is 3.70. The number of carbonyl (C=O) groups is 4. The number of hydrogen-bond donors (Lipinski definition) is 0. The number of rotatable bonds is 5. The van der Waals surface area contributed by atoms with Crippen molar-refractivity contribution in [1.29, 1.82) is 0 Å². The number of esters is 1. The van der Waals surface area contributed by atoms with Crippen molar-refractivity contribution in [2.75, 3.05) is 26.2 Å². The van der Waals surface area contributed by atoms with Crippen molar-refractivity contribution < 1.29 is 23.9 Å². The molecule has 1 aromatic carbocycles. The molecule has 0 N–H and O–H groups in total. The van der Waals surface area contributed by atoms with E-state index in [-0.39, 0.29) is 37.4 Å². The molecule has 1 fully saturated rings. The standard InChI is InChI=1S/C18H20N2O5/c21-15-8-2-1-5-9-19(15)12-16(22)25-11-10-20-17(23)13-6-3-4-7-14(13)18(20)24/h3-4,6-7H,1-2,5,8-12H2. The summed E-state index contributed by atoms with van der Waals surface area (Å²) >= 11 is 0. The average Bonchev–Trinajstić information content (AvgIpc) is 2.74. The summed E-state index contributed by atoms with van der Waals surface area (Å²) in [7, 11) is 0. The van der Waals surface area contributed by atoms with Crippen LogP contribution in [0.4, 0.5) is 0 Å². The topological polar surface area (TPSA) is 84.0 Å². The Balaban J connectivity index is 1.48. The molecule has 0 spiro atoms. The summed E-state index contributed by atoms with van der Waals surface area (Å²) in [4.78, 5) is 50.8. The summed E-state index contributed by atoms with van der Waals surface area (Å²) in [5.41, 5.74) is 0.739. The number of benzene rings is 1. The summed E-state index contributed by atoms with van der Waals surface area (Å²) in [6.07, 6.45) is 3.18. The van der Waals surface area contributed by atoms with Gasteiger partial charge in [-0.05, 0) is 25.0 Å². The van der Waals surface area contributed by atoms with Crippen molar-refractivity contribution in [3.8, 4) is 0 Å². The maximum atomic E-state index is 12.2. The molecule has 7 nitrogen and oxygen atoms in total. The van der Waals surface area contributed by atoms with Crippen molar-refractivity contribution in [2.24, 2.45) is 0 Å². The minimum atomic E-state index is -0.521. The maximum Gasteiger partial charge on any atom is 0.325 e. The molecule has 7 heteroatoms. The molecule has 3 amide bonds. The second-order valence-electron chi connectivity index (χ2n) is 6.15. The highest BCUT2D eigenvalue weighted by molar-refractivity contribution is 6.21. The highest BCUT2D eigenvalue weighted by Crippen LogP contribution is 2.21. The molecule has 1 saturated heterocycles. The molecule has 25 heavy (non-hydrogen) atoms. The number of fused-ring (bicyclic) bond motifs is 1. The Morgan fingerprint density at radius 1 is 1.00 bits per heavy atom. The molecule has 2 aliphatic heterocycles. The van der Waals surface area contributed by atoms with Crippen molar-refractivity contribution in [3.05, 3.63) is 35.4 Å². The van der Waals surface area contributed by atoms with Gasteiger partial charge >= 0.3 is 5.97 Å². The van der Waals surface area contributed by atoms with E-state index in [1.165, 1.54) is 4.90 Å². The number of carbonyl (C=O) groups excluding carboxylic acids is 4. The summed E-state index contributed by atoms with van der Waals surface area (Å²) in [5, 5.41) is 0. The van der Waals surface area contributed by atoms with Gasteiger partial charge in [0.1, 0.15) is 13.2 Å². The Morgan fingerprint density at radius 3 is 2.36 bits per heavy atom. The van der Waals surface area contributed by atoms with Crippen LogP contribution in [0.2, 0.25) is 0 Å². The summed E-state index contributed by atoms with van der Waals surface area (Å²) in [6.45, 7) is 0.408. The third-order valence-electron chi connectivity index (χ3n) is 4.45. The van der Waals surface area contributed by atoms with Gasteiger partial charge in [0.2, 0.25) is 5.91 Å². The number of imide groups is 1. The van der Waals surface area contributed by atoms with E-state index in [2.05, 4.69) is 0 Å². The van der Waals surface area contributed by atoms with E-state index in [1.807, 2.05) is 0 Å². The van der Waals surface area contributed by atoms with Crippen LogP contribution < -0.4 is 0 Å². The van der Waals surface area contributed by atoms with Gasteiger partial charge in [0.25, 0.3) is 11.8 Å². The van der Waals surface area contributed by atoms with Crippen LogP contribution in [-0.4, -0.2) is 59.7 Å². The summed E-state index contributed by atoms with van der Waals surface area (Å²) in [6, 6.07) is 6.61. The van der Waals surface area contributed by atoms with Gasteiger partial charge in [-0.3, -0.25) is 24.1 Å². The first-order valence-electron chi connectivity index (χ1n) is 8.46. The maximum absolute atomic E-state index is 12.2. The van der Waals surface area contributed by atoms with E-state index < -0.39 is 5.97 Å². The Hall–Kier alpha value is -2.70. The Labute approximate surface area is 145 Å².